The standard InChI is InChI=1S/C12H13FN2O.ClH/c13-9-4-3-8(6-14)11(12(9)16)10(15)5-7-1-2-7;/h3-4,7,10,16H,1-2,5,15H2;1H/t10-;/m1./s1. The van der Waals surface area contributed by atoms with E-state index in [0.717, 1.165) is 18.9 Å². The zero-order chi connectivity index (χ0) is 11.7. The lowest BCUT2D eigenvalue weighted by molar-refractivity contribution is 0.416. The van der Waals surface area contributed by atoms with Crippen molar-refractivity contribution in [3.63, 3.8) is 0 Å². The number of nitrogens with zero attached hydrogens (tertiary/aromatic N) is 1. The number of phenols is 1. The van der Waals surface area contributed by atoms with Crippen molar-refractivity contribution in [2.75, 3.05) is 0 Å². The molecule has 0 unspecified atom stereocenters. The summed E-state index contributed by atoms with van der Waals surface area (Å²) in [5.74, 6) is -0.642. The molecular formula is C12H14ClFN2O. The van der Waals surface area contributed by atoms with E-state index >= 15 is 0 Å². The highest BCUT2D eigenvalue weighted by Gasteiger charge is 2.27. The van der Waals surface area contributed by atoms with Crippen LogP contribution in [0, 0.1) is 23.1 Å². The maximum absolute atomic E-state index is 13.2. The van der Waals surface area contributed by atoms with E-state index in [-0.39, 0.29) is 23.5 Å². The quantitative estimate of drug-likeness (QED) is 0.873. The zero-order valence-electron chi connectivity index (χ0n) is 9.19. The molecule has 1 aliphatic carbocycles. The first-order valence-electron chi connectivity index (χ1n) is 5.30. The Morgan fingerprint density at radius 2 is 2.18 bits per heavy atom. The van der Waals surface area contributed by atoms with Crippen LogP contribution in [-0.2, 0) is 0 Å². The Morgan fingerprint density at radius 1 is 1.53 bits per heavy atom. The Morgan fingerprint density at radius 3 is 2.71 bits per heavy atom. The van der Waals surface area contributed by atoms with Crippen LogP contribution < -0.4 is 5.73 Å². The largest absolute Gasteiger partial charge is 0.505 e. The minimum atomic E-state index is -0.722. The van der Waals surface area contributed by atoms with Crippen molar-refractivity contribution in [2.45, 2.75) is 25.3 Å². The molecule has 92 valence electrons. The van der Waals surface area contributed by atoms with Gasteiger partial charge in [-0.15, -0.1) is 12.4 Å². The van der Waals surface area contributed by atoms with Gasteiger partial charge in [0.15, 0.2) is 11.6 Å². The number of rotatable bonds is 3. The van der Waals surface area contributed by atoms with Gasteiger partial charge in [-0.1, -0.05) is 12.8 Å². The second kappa shape index (κ2) is 5.35. The summed E-state index contributed by atoms with van der Waals surface area (Å²) in [6.45, 7) is 0. The van der Waals surface area contributed by atoms with Crippen molar-refractivity contribution in [1.29, 1.82) is 5.26 Å². The number of hydrogen-bond donors (Lipinski definition) is 2. The molecular weight excluding hydrogens is 243 g/mol. The molecule has 1 atom stereocenters. The van der Waals surface area contributed by atoms with E-state index in [1.165, 1.54) is 6.07 Å². The summed E-state index contributed by atoms with van der Waals surface area (Å²) in [5, 5.41) is 18.5. The van der Waals surface area contributed by atoms with Crippen LogP contribution in [0.3, 0.4) is 0 Å². The molecule has 3 N–H and O–H groups in total. The summed E-state index contributed by atoms with van der Waals surface area (Å²) in [5.41, 5.74) is 6.41. The van der Waals surface area contributed by atoms with E-state index < -0.39 is 17.6 Å². The van der Waals surface area contributed by atoms with Gasteiger partial charge in [0.05, 0.1) is 11.6 Å². The van der Waals surface area contributed by atoms with Crippen molar-refractivity contribution in [3.05, 3.63) is 29.1 Å². The van der Waals surface area contributed by atoms with Crippen molar-refractivity contribution in [2.24, 2.45) is 11.7 Å². The van der Waals surface area contributed by atoms with Gasteiger partial charge in [-0.2, -0.15) is 5.26 Å². The molecule has 1 fully saturated rings. The fourth-order valence-electron chi connectivity index (χ4n) is 1.88. The molecule has 0 aliphatic heterocycles. The van der Waals surface area contributed by atoms with E-state index in [0.29, 0.717) is 12.3 Å². The van der Waals surface area contributed by atoms with Gasteiger partial charge in [0, 0.05) is 11.6 Å². The lowest BCUT2D eigenvalue weighted by atomic mass is 9.96. The third-order valence-corrected chi connectivity index (χ3v) is 2.94. The third-order valence-electron chi connectivity index (χ3n) is 2.94. The summed E-state index contributed by atoms with van der Waals surface area (Å²) in [4.78, 5) is 0. The van der Waals surface area contributed by atoms with Crippen molar-refractivity contribution < 1.29 is 9.50 Å². The molecule has 1 aromatic carbocycles. The number of nitrogens with two attached hydrogens (primary N) is 1. The molecule has 2 rings (SSSR count). The van der Waals surface area contributed by atoms with Crippen LogP contribution in [0.5, 0.6) is 5.75 Å². The second-order valence-electron chi connectivity index (χ2n) is 4.25. The van der Waals surface area contributed by atoms with Gasteiger partial charge >= 0.3 is 0 Å². The van der Waals surface area contributed by atoms with Gasteiger partial charge in [0.1, 0.15) is 0 Å². The van der Waals surface area contributed by atoms with Crippen LogP contribution in [0.4, 0.5) is 4.39 Å². The summed E-state index contributed by atoms with van der Waals surface area (Å²) >= 11 is 0. The fraction of sp³-hybridized carbons (Fsp3) is 0.417. The maximum atomic E-state index is 13.2. The molecule has 1 aromatic rings. The van der Waals surface area contributed by atoms with E-state index in [1.807, 2.05) is 6.07 Å². The molecule has 0 spiro atoms. The monoisotopic (exact) mass is 256 g/mol. The Bertz CT molecular complexity index is 455. The van der Waals surface area contributed by atoms with Gasteiger partial charge in [-0.05, 0) is 24.5 Å². The van der Waals surface area contributed by atoms with Gasteiger partial charge in [0.25, 0.3) is 0 Å². The zero-order valence-corrected chi connectivity index (χ0v) is 10.0. The number of halogens is 2. The average molecular weight is 257 g/mol. The van der Waals surface area contributed by atoms with Crippen molar-refractivity contribution in [1.82, 2.24) is 0 Å². The first-order chi connectivity index (χ1) is 7.63. The molecule has 0 amide bonds. The van der Waals surface area contributed by atoms with Crippen LogP contribution in [0.2, 0.25) is 0 Å². The molecule has 0 saturated heterocycles. The highest BCUT2D eigenvalue weighted by atomic mass is 35.5. The van der Waals surface area contributed by atoms with Crippen LogP contribution in [-0.4, -0.2) is 5.11 Å². The molecule has 5 heteroatoms. The Labute approximate surface area is 105 Å². The van der Waals surface area contributed by atoms with E-state index in [4.69, 9.17) is 11.0 Å². The summed E-state index contributed by atoms with van der Waals surface area (Å²) in [7, 11) is 0. The number of hydrogen-bond acceptors (Lipinski definition) is 3. The van der Waals surface area contributed by atoms with E-state index in [2.05, 4.69) is 0 Å². The second-order valence-corrected chi connectivity index (χ2v) is 4.25. The molecule has 0 aromatic heterocycles. The van der Waals surface area contributed by atoms with Gasteiger partial charge in [-0.3, -0.25) is 0 Å². The number of aromatic hydroxyl groups is 1. The number of nitriles is 1. The van der Waals surface area contributed by atoms with Crippen molar-refractivity contribution in [3.8, 4) is 11.8 Å². The summed E-state index contributed by atoms with van der Waals surface area (Å²) < 4.78 is 13.2. The predicted molar refractivity (Wildman–Crippen MR) is 64.3 cm³/mol. The van der Waals surface area contributed by atoms with Crippen molar-refractivity contribution >= 4 is 12.4 Å². The lowest BCUT2D eigenvalue weighted by Gasteiger charge is -2.15. The van der Waals surface area contributed by atoms with E-state index in [1.54, 1.807) is 0 Å². The van der Waals surface area contributed by atoms with Crippen LogP contribution in [0.1, 0.15) is 36.4 Å². The maximum Gasteiger partial charge on any atom is 0.165 e. The number of benzene rings is 1. The van der Waals surface area contributed by atoms with Gasteiger partial charge < -0.3 is 10.8 Å². The minimum Gasteiger partial charge on any atom is -0.505 e. The molecule has 17 heavy (non-hydrogen) atoms. The highest BCUT2D eigenvalue weighted by molar-refractivity contribution is 5.85. The van der Waals surface area contributed by atoms with Crippen LogP contribution in [0.25, 0.3) is 0 Å². The fourth-order valence-corrected chi connectivity index (χ4v) is 1.88. The summed E-state index contributed by atoms with van der Waals surface area (Å²) in [6, 6.07) is 3.91. The lowest BCUT2D eigenvalue weighted by Crippen LogP contribution is -2.13. The average Bonchev–Trinajstić information content (AvgIpc) is 3.05. The Hall–Kier alpha value is -1.31. The van der Waals surface area contributed by atoms with Crippen LogP contribution in [0.15, 0.2) is 12.1 Å². The first-order valence-corrected chi connectivity index (χ1v) is 5.30. The molecule has 1 saturated carbocycles. The minimum absolute atomic E-state index is 0. The topological polar surface area (TPSA) is 70.0 Å². The molecule has 0 heterocycles. The molecule has 0 bridgehead atoms. The number of phenolic OH excluding ortho intramolecular Hbond substituents is 1. The SMILES string of the molecule is Cl.N#Cc1ccc(F)c(O)c1[C@H](N)CC1CC1. The normalized spacial score (nSPS) is 15.8. The molecule has 1 aliphatic rings. The first kappa shape index (κ1) is 13.8. The Kier molecular flexibility index (Phi) is 4.33. The smallest absolute Gasteiger partial charge is 0.165 e. The van der Waals surface area contributed by atoms with Crippen LogP contribution >= 0.6 is 12.4 Å². The molecule has 0 radical (unpaired) electrons. The highest BCUT2D eigenvalue weighted by Crippen LogP contribution is 2.39. The van der Waals surface area contributed by atoms with Gasteiger partial charge in [-0.25, -0.2) is 4.39 Å². The summed E-state index contributed by atoms with van der Waals surface area (Å²) in [6.07, 6.45) is 2.96. The van der Waals surface area contributed by atoms with E-state index in [9.17, 15) is 9.50 Å². The predicted octanol–water partition coefficient (Wildman–Crippen LogP) is 2.62. The van der Waals surface area contributed by atoms with Gasteiger partial charge in [0.2, 0.25) is 0 Å². The Balaban J connectivity index is 0.00000144. The molecule has 3 nitrogen and oxygen atoms in total. The third kappa shape index (κ3) is 2.87.